The number of fused-ring (bicyclic) bond motifs is 2. The van der Waals surface area contributed by atoms with E-state index in [0.717, 1.165) is 0 Å². The van der Waals surface area contributed by atoms with E-state index in [2.05, 4.69) is 85.4 Å². The second kappa shape index (κ2) is 10.4. The minimum atomic E-state index is -2.81. The zero-order chi connectivity index (χ0) is 30.9. The zero-order valence-electron chi connectivity index (χ0n) is 27.4. The van der Waals surface area contributed by atoms with Crippen molar-refractivity contribution in [2.45, 2.75) is 115 Å². The van der Waals surface area contributed by atoms with Crippen molar-refractivity contribution in [1.29, 1.82) is 0 Å². The molecule has 2 aliphatic heterocycles. The Hall–Kier alpha value is -1.91. The zero-order valence-corrected chi connectivity index (χ0v) is 29.4. The van der Waals surface area contributed by atoms with Gasteiger partial charge in [-0.3, -0.25) is 13.9 Å². The van der Waals surface area contributed by atoms with E-state index in [4.69, 9.17) is 23.0 Å². The number of imidazole rings is 1. The average molecular weight is 607 g/mol. The Balaban J connectivity index is 1.87. The molecule has 0 N–H and O–H groups in total. The monoisotopic (exact) mass is 606 g/mol. The molecule has 4 atom stereocenters. The van der Waals surface area contributed by atoms with Crippen LogP contribution in [0.5, 0.6) is 0 Å². The third kappa shape index (κ3) is 5.49. The van der Waals surface area contributed by atoms with Crippen LogP contribution in [-0.4, -0.2) is 86.2 Å². The van der Waals surface area contributed by atoms with Gasteiger partial charge in [0.25, 0.3) is 5.56 Å². The lowest BCUT2D eigenvalue weighted by Gasteiger charge is -2.54. The molecule has 0 radical (unpaired) electrons. The van der Waals surface area contributed by atoms with Crippen molar-refractivity contribution in [3.05, 3.63) is 16.7 Å². The van der Waals surface area contributed by atoms with Crippen LogP contribution in [0.2, 0.25) is 28.2 Å². The van der Waals surface area contributed by atoms with Gasteiger partial charge in [-0.1, -0.05) is 62.3 Å². The summed E-state index contributed by atoms with van der Waals surface area (Å²) in [6.45, 7) is 24.8. The van der Waals surface area contributed by atoms with E-state index in [1.165, 1.54) is 4.57 Å². The van der Waals surface area contributed by atoms with Crippen LogP contribution >= 0.6 is 0 Å². The average Bonchev–Trinajstić information content (AvgIpc) is 3.38. The number of hydrogen-bond acceptors (Lipinski definition) is 8. The number of ether oxygens (including phenoxy) is 1. The molecule has 2 aromatic heterocycles. The predicted molar refractivity (Wildman–Crippen MR) is 167 cm³/mol. The summed E-state index contributed by atoms with van der Waals surface area (Å²) in [7, 11) is 0.265. The van der Waals surface area contributed by atoms with Crippen LogP contribution in [0.15, 0.2) is 16.1 Å². The minimum Gasteiger partial charge on any atom is -0.407 e. The van der Waals surface area contributed by atoms with E-state index in [-0.39, 0.29) is 44.3 Å². The molecule has 0 aliphatic carbocycles. The van der Waals surface area contributed by atoms with Crippen molar-refractivity contribution in [3.63, 3.8) is 0 Å². The van der Waals surface area contributed by atoms with E-state index in [9.17, 15) is 4.79 Å². The highest BCUT2D eigenvalue weighted by molar-refractivity contribution is 6.74. The summed E-state index contributed by atoms with van der Waals surface area (Å²) in [6.07, 6.45) is 1.51. The summed E-state index contributed by atoms with van der Waals surface area (Å²) in [6, 6.07) is 0. The molecule has 13 heteroatoms. The van der Waals surface area contributed by atoms with Gasteiger partial charge in [-0.25, -0.2) is 9.98 Å². The van der Waals surface area contributed by atoms with Gasteiger partial charge in [-0.15, -0.1) is 0 Å². The summed E-state index contributed by atoms with van der Waals surface area (Å²) in [5, 5.41) is -0.419. The lowest BCUT2D eigenvalue weighted by molar-refractivity contribution is -0.0795. The van der Waals surface area contributed by atoms with E-state index < -0.39 is 29.2 Å². The van der Waals surface area contributed by atoms with E-state index in [1.807, 2.05) is 18.7 Å². The Morgan fingerprint density at radius 3 is 2.27 bits per heavy atom. The maximum absolute atomic E-state index is 13.3. The fourth-order valence-electron chi connectivity index (χ4n) is 5.69. The van der Waals surface area contributed by atoms with Crippen LogP contribution in [0.4, 0.5) is 5.95 Å². The number of rotatable bonds is 5. The van der Waals surface area contributed by atoms with Crippen molar-refractivity contribution in [3.8, 4) is 0 Å². The van der Waals surface area contributed by atoms with Crippen molar-refractivity contribution in [2.75, 3.05) is 20.7 Å². The van der Waals surface area contributed by atoms with Gasteiger partial charge < -0.3 is 22.9 Å². The number of aromatic nitrogens is 4. The Morgan fingerprint density at radius 1 is 1.12 bits per heavy atom. The second-order valence-electron chi connectivity index (χ2n) is 15.2. The number of nitrogens with zero attached hydrogens (tertiary/aromatic N) is 6. The summed E-state index contributed by atoms with van der Waals surface area (Å²) < 4.78 is 31.1. The number of hydrogen-bond donors (Lipinski definition) is 0. The molecule has 0 bridgehead atoms. The molecular formula is C28H50N6O5Si2. The minimum absolute atomic E-state index is 0.0391. The van der Waals surface area contributed by atoms with Crippen LogP contribution in [0.25, 0.3) is 11.2 Å². The standard InChI is InChI=1S/C28H50N6O5Si2/c1-26(2,3)40(13,14)38-21-20-18(15-36-41(39-20,27(4,5)6)28(7,8)9)37-24(21)34-17-29-19-22(34)31-25(30-16-32(10)11)33(12)23(19)35/h16-18,20-21,24H,15H2,1-14H3/b30-16+/t18-,20+,21?,24-/m1/s1. The fraction of sp³-hybridized carbons (Fsp3) is 0.786. The van der Waals surface area contributed by atoms with Crippen LogP contribution in [0.3, 0.4) is 0 Å². The highest BCUT2D eigenvalue weighted by Gasteiger charge is 2.66. The summed E-state index contributed by atoms with van der Waals surface area (Å²) in [4.78, 5) is 28.7. The van der Waals surface area contributed by atoms with Crippen molar-refractivity contribution >= 4 is 40.3 Å². The fourth-order valence-corrected chi connectivity index (χ4v) is 11.9. The molecule has 0 amide bonds. The summed E-state index contributed by atoms with van der Waals surface area (Å²) >= 11 is 0. The molecule has 0 aromatic carbocycles. The molecule has 4 rings (SSSR count). The third-order valence-corrected chi connectivity index (χ3v) is 18.3. The van der Waals surface area contributed by atoms with Gasteiger partial charge in [-0.05, 0) is 18.1 Å². The lowest BCUT2D eigenvalue weighted by atomic mass is 10.1. The van der Waals surface area contributed by atoms with E-state index in [0.29, 0.717) is 12.3 Å². The molecule has 2 saturated heterocycles. The molecular weight excluding hydrogens is 557 g/mol. The predicted octanol–water partition coefficient (Wildman–Crippen LogP) is 5.10. The highest BCUT2D eigenvalue weighted by Crippen LogP contribution is 2.56. The third-order valence-electron chi connectivity index (χ3n) is 8.71. The van der Waals surface area contributed by atoms with Crippen molar-refractivity contribution in [1.82, 2.24) is 24.0 Å². The second-order valence-corrected chi connectivity index (χ2v) is 24.7. The van der Waals surface area contributed by atoms with Gasteiger partial charge in [0.2, 0.25) is 5.95 Å². The first-order chi connectivity index (χ1) is 18.6. The molecule has 230 valence electrons. The normalized spacial score (nSPS) is 25.7. The van der Waals surface area contributed by atoms with Gasteiger partial charge >= 0.3 is 8.56 Å². The molecule has 0 spiro atoms. The van der Waals surface area contributed by atoms with Crippen LogP contribution in [0, 0.1) is 0 Å². The Bertz CT molecular complexity index is 1350. The van der Waals surface area contributed by atoms with E-state index in [1.54, 1.807) is 24.6 Å². The molecule has 2 fully saturated rings. The molecule has 41 heavy (non-hydrogen) atoms. The van der Waals surface area contributed by atoms with Crippen molar-refractivity contribution < 1.29 is 18.0 Å². The maximum atomic E-state index is 13.3. The SMILES string of the molecule is CN(C)/C=N/c1nc2c(ncn2[C@@H]2O[C@@H]3CO[Si](C(C)(C)C)(C(C)(C)C)O[C@@H]3C2O[Si](C)(C)C(C)(C)C)c(=O)n1C. The maximum Gasteiger partial charge on any atom is 0.349 e. The Kier molecular flexibility index (Phi) is 8.10. The summed E-state index contributed by atoms with van der Waals surface area (Å²) in [5.74, 6) is 0.279. The lowest BCUT2D eigenvalue weighted by Crippen LogP contribution is -2.66. The van der Waals surface area contributed by atoms with Gasteiger partial charge in [0.15, 0.2) is 25.7 Å². The Labute approximate surface area is 246 Å². The number of aliphatic imine (C=N–C) groups is 1. The van der Waals surface area contributed by atoms with Crippen LogP contribution < -0.4 is 5.56 Å². The smallest absolute Gasteiger partial charge is 0.349 e. The summed E-state index contributed by atoms with van der Waals surface area (Å²) in [5.41, 5.74) is 0.386. The van der Waals surface area contributed by atoms with Crippen molar-refractivity contribution in [2.24, 2.45) is 12.0 Å². The topological polar surface area (TPSA) is 105 Å². The van der Waals surface area contributed by atoms with Gasteiger partial charge in [0.05, 0.1) is 19.3 Å². The van der Waals surface area contributed by atoms with Gasteiger partial charge in [0, 0.05) is 31.2 Å². The molecule has 4 heterocycles. The van der Waals surface area contributed by atoms with Crippen LogP contribution in [-0.2, 0) is 25.1 Å². The first kappa shape index (κ1) is 32.0. The first-order valence-corrected chi connectivity index (χ1v) is 19.1. The molecule has 11 nitrogen and oxygen atoms in total. The molecule has 2 aromatic rings. The van der Waals surface area contributed by atoms with E-state index >= 15 is 0 Å². The quantitative estimate of drug-likeness (QED) is 0.263. The Morgan fingerprint density at radius 2 is 1.73 bits per heavy atom. The molecule has 1 unspecified atom stereocenters. The first-order valence-electron chi connectivity index (χ1n) is 14.4. The molecule has 2 aliphatic rings. The van der Waals surface area contributed by atoms with Crippen LogP contribution in [0.1, 0.15) is 68.5 Å². The largest absolute Gasteiger partial charge is 0.407 e. The van der Waals surface area contributed by atoms with Gasteiger partial charge in [0.1, 0.15) is 18.3 Å². The highest BCUT2D eigenvalue weighted by atomic mass is 28.4. The molecule has 0 saturated carbocycles. The van der Waals surface area contributed by atoms with Gasteiger partial charge in [-0.2, -0.15) is 4.98 Å².